The second kappa shape index (κ2) is 8.10. The molecule has 2 aromatic rings. The number of nitrogens with one attached hydrogen (secondary N) is 1. The maximum absolute atomic E-state index is 12.7. The van der Waals surface area contributed by atoms with Crippen molar-refractivity contribution < 1.29 is 8.42 Å². The molecule has 0 spiro atoms. The van der Waals surface area contributed by atoms with Crippen molar-refractivity contribution in [2.45, 2.75) is 4.90 Å². The van der Waals surface area contributed by atoms with Crippen molar-refractivity contribution in [3.8, 4) is 0 Å². The Bertz CT molecular complexity index is 899. The summed E-state index contributed by atoms with van der Waals surface area (Å²) in [5.74, 6) is 0. The van der Waals surface area contributed by atoms with Gasteiger partial charge in [-0.2, -0.15) is 4.31 Å². The van der Waals surface area contributed by atoms with E-state index in [4.69, 9.17) is 35.4 Å². The van der Waals surface area contributed by atoms with Crippen LogP contribution in [0.5, 0.6) is 0 Å². The highest BCUT2D eigenvalue weighted by molar-refractivity contribution is 7.89. The molecule has 0 aliphatic carbocycles. The van der Waals surface area contributed by atoms with E-state index >= 15 is 0 Å². The lowest BCUT2D eigenvalue weighted by atomic mass is 10.3. The Labute approximate surface area is 168 Å². The molecular formula is C17H17Cl2N3O2S2. The second-order valence-electron chi connectivity index (χ2n) is 5.76. The standard InChI is InChI=1S/C17H17Cl2N3O2S2/c18-13-6-7-15(19)16(12-13)20-17(25)21-8-10-22(11-9-21)26(23,24)14-4-2-1-3-5-14/h1-7,12H,8-11H2,(H,20,25). The van der Waals surface area contributed by atoms with Crippen LogP contribution in [0, 0.1) is 0 Å². The molecule has 0 radical (unpaired) electrons. The molecular weight excluding hydrogens is 413 g/mol. The SMILES string of the molecule is O=S(=O)(c1ccccc1)N1CCN(C(=S)Nc2cc(Cl)ccc2Cl)CC1. The van der Waals surface area contributed by atoms with Crippen LogP contribution in [0.1, 0.15) is 0 Å². The van der Waals surface area contributed by atoms with Crippen LogP contribution < -0.4 is 5.32 Å². The topological polar surface area (TPSA) is 52.7 Å². The van der Waals surface area contributed by atoms with Crippen molar-refractivity contribution in [1.82, 2.24) is 9.21 Å². The third kappa shape index (κ3) is 4.29. The van der Waals surface area contributed by atoms with Crippen molar-refractivity contribution in [3.63, 3.8) is 0 Å². The predicted molar refractivity (Wildman–Crippen MR) is 109 cm³/mol. The predicted octanol–water partition coefficient (Wildman–Crippen LogP) is 3.70. The number of hydrogen-bond donors (Lipinski definition) is 1. The number of anilines is 1. The summed E-state index contributed by atoms with van der Waals surface area (Å²) in [6.07, 6.45) is 0. The van der Waals surface area contributed by atoms with E-state index in [0.29, 0.717) is 51.9 Å². The lowest BCUT2D eigenvalue weighted by Crippen LogP contribution is -2.51. The molecule has 1 heterocycles. The number of sulfonamides is 1. The summed E-state index contributed by atoms with van der Waals surface area (Å²) in [6.45, 7) is 1.72. The fraction of sp³-hybridized carbons (Fsp3) is 0.235. The average molecular weight is 430 g/mol. The van der Waals surface area contributed by atoms with Crippen molar-refractivity contribution in [1.29, 1.82) is 0 Å². The Kier molecular flexibility index (Phi) is 6.04. The zero-order valence-electron chi connectivity index (χ0n) is 13.7. The van der Waals surface area contributed by atoms with Crippen LogP contribution in [0.25, 0.3) is 0 Å². The first-order valence-electron chi connectivity index (χ1n) is 7.94. The largest absolute Gasteiger partial charge is 0.346 e. The first kappa shape index (κ1) is 19.4. The number of piperazine rings is 1. The minimum atomic E-state index is -3.48. The number of nitrogens with zero attached hydrogens (tertiary/aromatic N) is 2. The monoisotopic (exact) mass is 429 g/mol. The van der Waals surface area contributed by atoms with E-state index < -0.39 is 10.0 Å². The molecule has 0 amide bonds. The zero-order chi connectivity index (χ0) is 18.7. The van der Waals surface area contributed by atoms with Crippen LogP contribution in [-0.2, 0) is 10.0 Å². The zero-order valence-corrected chi connectivity index (χ0v) is 16.9. The molecule has 1 fully saturated rings. The molecule has 0 atom stereocenters. The second-order valence-corrected chi connectivity index (χ2v) is 8.93. The molecule has 26 heavy (non-hydrogen) atoms. The van der Waals surface area contributed by atoms with E-state index in [0.717, 1.165) is 0 Å². The number of thiocarbonyl (C=S) groups is 1. The van der Waals surface area contributed by atoms with Crippen LogP contribution in [-0.4, -0.2) is 48.9 Å². The van der Waals surface area contributed by atoms with Gasteiger partial charge in [0.15, 0.2) is 5.11 Å². The van der Waals surface area contributed by atoms with Crippen molar-refractivity contribution in [2.75, 3.05) is 31.5 Å². The van der Waals surface area contributed by atoms with E-state index in [1.54, 1.807) is 48.5 Å². The first-order valence-corrected chi connectivity index (χ1v) is 10.5. The fourth-order valence-corrected chi connectivity index (χ4v) is 4.73. The van der Waals surface area contributed by atoms with E-state index in [9.17, 15) is 8.42 Å². The highest BCUT2D eigenvalue weighted by Crippen LogP contribution is 2.26. The summed E-state index contributed by atoms with van der Waals surface area (Å²) in [6, 6.07) is 13.5. The van der Waals surface area contributed by atoms with Gasteiger partial charge in [-0.25, -0.2) is 8.42 Å². The lowest BCUT2D eigenvalue weighted by Gasteiger charge is -2.35. The van der Waals surface area contributed by atoms with Gasteiger partial charge in [0.05, 0.1) is 15.6 Å². The van der Waals surface area contributed by atoms with Crippen LogP contribution in [0.2, 0.25) is 10.0 Å². The van der Waals surface area contributed by atoms with Gasteiger partial charge >= 0.3 is 0 Å². The normalized spacial score (nSPS) is 15.7. The van der Waals surface area contributed by atoms with Gasteiger partial charge in [0, 0.05) is 31.2 Å². The minimum absolute atomic E-state index is 0.305. The molecule has 138 valence electrons. The highest BCUT2D eigenvalue weighted by atomic mass is 35.5. The van der Waals surface area contributed by atoms with E-state index in [2.05, 4.69) is 5.32 Å². The van der Waals surface area contributed by atoms with Crippen molar-refractivity contribution >= 4 is 56.2 Å². The molecule has 1 saturated heterocycles. The summed E-state index contributed by atoms with van der Waals surface area (Å²) < 4.78 is 26.8. The van der Waals surface area contributed by atoms with E-state index in [1.165, 1.54) is 4.31 Å². The molecule has 9 heteroatoms. The summed E-state index contributed by atoms with van der Waals surface area (Å²) in [4.78, 5) is 2.23. The molecule has 0 saturated carbocycles. The third-order valence-corrected chi connectivity index (χ3v) is 6.91. The molecule has 1 aliphatic heterocycles. The van der Waals surface area contributed by atoms with Gasteiger partial charge in [-0.15, -0.1) is 0 Å². The van der Waals surface area contributed by atoms with Gasteiger partial charge in [-0.1, -0.05) is 41.4 Å². The molecule has 5 nitrogen and oxygen atoms in total. The quantitative estimate of drug-likeness (QED) is 0.753. The maximum atomic E-state index is 12.7. The molecule has 1 aliphatic rings. The molecule has 0 bridgehead atoms. The van der Waals surface area contributed by atoms with E-state index in [-0.39, 0.29) is 0 Å². The summed E-state index contributed by atoms with van der Waals surface area (Å²) in [5.41, 5.74) is 0.628. The Morgan fingerprint density at radius 3 is 2.31 bits per heavy atom. The average Bonchev–Trinajstić information content (AvgIpc) is 2.65. The Hall–Kier alpha value is -1.38. The fourth-order valence-electron chi connectivity index (χ4n) is 2.66. The number of hydrogen-bond acceptors (Lipinski definition) is 3. The van der Waals surface area contributed by atoms with Gasteiger partial charge in [-0.05, 0) is 42.5 Å². The van der Waals surface area contributed by atoms with Crippen molar-refractivity contribution in [2.24, 2.45) is 0 Å². The molecule has 2 aromatic carbocycles. The molecule has 1 N–H and O–H groups in total. The Balaban J connectivity index is 1.63. The molecule has 0 aromatic heterocycles. The smallest absolute Gasteiger partial charge is 0.243 e. The minimum Gasteiger partial charge on any atom is -0.346 e. The van der Waals surface area contributed by atoms with E-state index in [1.807, 2.05) is 4.90 Å². The maximum Gasteiger partial charge on any atom is 0.243 e. The third-order valence-electron chi connectivity index (χ3n) is 4.08. The van der Waals surface area contributed by atoms with Crippen LogP contribution in [0.3, 0.4) is 0 Å². The van der Waals surface area contributed by atoms with Gasteiger partial charge in [0.1, 0.15) is 0 Å². The Morgan fingerprint density at radius 2 is 1.65 bits per heavy atom. The summed E-state index contributed by atoms with van der Waals surface area (Å²) >= 11 is 17.6. The lowest BCUT2D eigenvalue weighted by molar-refractivity contribution is 0.268. The van der Waals surface area contributed by atoms with Crippen LogP contribution in [0.15, 0.2) is 53.4 Å². The highest BCUT2D eigenvalue weighted by Gasteiger charge is 2.29. The van der Waals surface area contributed by atoms with Gasteiger partial charge in [-0.3, -0.25) is 0 Å². The van der Waals surface area contributed by atoms with Gasteiger partial charge in [0.25, 0.3) is 0 Å². The number of halogens is 2. The summed E-state index contributed by atoms with van der Waals surface area (Å²) in [5, 5.41) is 4.64. The van der Waals surface area contributed by atoms with Gasteiger partial charge in [0.2, 0.25) is 10.0 Å². The molecule has 0 unspecified atom stereocenters. The first-order chi connectivity index (χ1) is 12.4. The number of benzene rings is 2. The number of rotatable bonds is 3. The molecule has 3 rings (SSSR count). The van der Waals surface area contributed by atoms with Crippen molar-refractivity contribution in [3.05, 3.63) is 58.6 Å². The van der Waals surface area contributed by atoms with Crippen LogP contribution >= 0.6 is 35.4 Å². The van der Waals surface area contributed by atoms with Crippen LogP contribution in [0.4, 0.5) is 5.69 Å². The van der Waals surface area contributed by atoms with Gasteiger partial charge < -0.3 is 10.2 Å². The Morgan fingerprint density at radius 1 is 1.00 bits per heavy atom. The summed E-state index contributed by atoms with van der Waals surface area (Å²) in [7, 11) is -3.48.